The summed E-state index contributed by atoms with van der Waals surface area (Å²) in [5.41, 5.74) is 2.30. The van der Waals surface area contributed by atoms with Gasteiger partial charge in [0, 0.05) is 75.7 Å². The molecule has 3 heterocycles. The highest BCUT2D eigenvalue weighted by Gasteiger charge is 2.27. The van der Waals surface area contributed by atoms with Gasteiger partial charge in [-0.2, -0.15) is 0 Å². The van der Waals surface area contributed by atoms with Crippen molar-refractivity contribution in [3.63, 3.8) is 0 Å². The summed E-state index contributed by atoms with van der Waals surface area (Å²) >= 11 is 0. The molecule has 3 aromatic rings. The van der Waals surface area contributed by atoms with Crippen molar-refractivity contribution in [2.75, 3.05) is 40.5 Å². The highest BCUT2D eigenvalue weighted by Crippen LogP contribution is 2.25. The Morgan fingerprint density at radius 1 is 1.00 bits per heavy atom. The Bertz CT molecular complexity index is 972. The second-order valence-corrected chi connectivity index (χ2v) is 8.01. The third-order valence-corrected chi connectivity index (χ3v) is 5.93. The van der Waals surface area contributed by atoms with Crippen LogP contribution in [0.1, 0.15) is 17.7 Å². The molecule has 170 valence electrons. The van der Waals surface area contributed by atoms with Crippen LogP contribution in [0.4, 0.5) is 0 Å². The maximum Gasteiger partial charge on any atom is 0.233 e. The Morgan fingerprint density at radius 2 is 1.75 bits per heavy atom. The number of hydrogen-bond acceptors (Lipinski definition) is 7. The first-order chi connectivity index (χ1) is 15.7. The number of ether oxygens (including phenoxy) is 2. The standard InChI is InChI=1S/C24H31N5O3/c1-31-22-13-19(14-23(15-22)32-2)16-28-11-10-27(17-20(28)6-12-30)18-21-5-3-9-29(21)24-25-7-4-8-26-24/h3-5,7-9,13-15,20,30H,6,10-12,16-18H2,1-2H3/t20-/m0/s1. The van der Waals surface area contributed by atoms with Gasteiger partial charge in [-0.05, 0) is 42.3 Å². The Balaban J connectivity index is 1.45. The molecule has 8 heteroatoms. The fourth-order valence-electron chi connectivity index (χ4n) is 4.31. The van der Waals surface area contributed by atoms with Crippen LogP contribution in [-0.2, 0) is 13.1 Å². The van der Waals surface area contributed by atoms with Crippen molar-refractivity contribution in [2.24, 2.45) is 0 Å². The van der Waals surface area contributed by atoms with Crippen molar-refractivity contribution in [2.45, 2.75) is 25.6 Å². The SMILES string of the molecule is COc1cc(CN2CCN(Cc3cccn3-c3ncccn3)C[C@@H]2CCO)cc(OC)c1. The first-order valence-corrected chi connectivity index (χ1v) is 10.9. The zero-order valence-electron chi connectivity index (χ0n) is 18.7. The van der Waals surface area contributed by atoms with Gasteiger partial charge < -0.3 is 14.6 Å². The Morgan fingerprint density at radius 3 is 2.44 bits per heavy atom. The van der Waals surface area contributed by atoms with Crippen LogP contribution < -0.4 is 9.47 Å². The Kier molecular flexibility index (Phi) is 7.36. The normalized spacial score (nSPS) is 17.4. The molecule has 1 aromatic carbocycles. The summed E-state index contributed by atoms with van der Waals surface area (Å²) in [6.07, 6.45) is 6.26. The van der Waals surface area contributed by atoms with Gasteiger partial charge in [0.1, 0.15) is 11.5 Å². The lowest BCUT2D eigenvalue weighted by Gasteiger charge is -2.41. The van der Waals surface area contributed by atoms with Crippen LogP contribution in [0.3, 0.4) is 0 Å². The first kappa shape index (κ1) is 22.3. The minimum atomic E-state index is 0.171. The molecule has 0 radical (unpaired) electrons. The van der Waals surface area contributed by atoms with E-state index in [9.17, 15) is 5.11 Å². The molecule has 0 saturated carbocycles. The largest absolute Gasteiger partial charge is 0.497 e. The second-order valence-electron chi connectivity index (χ2n) is 8.01. The Hall–Kier alpha value is -2.94. The van der Waals surface area contributed by atoms with Crippen LogP contribution in [0, 0.1) is 0 Å². The van der Waals surface area contributed by atoms with Gasteiger partial charge in [-0.15, -0.1) is 0 Å². The summed E-state index contributed by atoms with van der Waals surface area (Å²) in [5.74, 6) is 2.27. The molecule has 8 nitrogen and oxygen atoms in total. The van der Waals surface area contributed by atoms with Gasteiger partial charge >= 0.3 is 0 Å². The van der Waals surface area contributed by atoms with Crippen molar-refractivity contribution < 1.29 is 14.6 Å². The van der Waals surface area contributed by atoms with Crippen molar-refractivity contribution in [1.82, 2.24) is 24.3 Å². The van der Waals surface area contributed by atoms with Crippen LogP contribution >= 0.6 is 0 Å². The average Bonchev–Trinajstić information content (AvgIpc) is 3.29. The lowest BCUT2D eigenvalue weighted by Crippen LogP contribution is -2.52. The van der Waals surface area contributed by atoms with Crippen LogP contribution in [-0.4, -0.2) is 75.9 Å². The van der Waals surface area contributed by atoms with E-state index in [4.69, 9.17) is 9.47 Å². The minimum absolute atomic E-state index is 0.171. The number of nitrogens with zero attached hydrogens (tertiary/aromatic N) is 5. The number of hydrogen-bond donors (Lipinski definition) is 1. The monoisotopic (exact) mass is 437 g/mol. The van der Waals surface area contributed by atoms with Gasteiger partial charge in [-0.3, -0.25) is 14.4 Å². The molecule has 32 heavy (non-hydrogen) atoms. The molecule has 1 fully saturated rings. The molecule has 1 saturated heterocycles. The lowest BCUT2D eigenvalue weighted by atomic mass is 10.1. The summed E-state index contributed by atoms with van der Waals surface area (Å²) in [4.78, 5) is 13.6. The summed E-state index contributed by atoms with van der Waals surface area (Å²) in [6.45, 7) is 4.54. The maximum absolute atomic E-state index is 9.70. The van der Waals surface area contributed by atoms with E-state index in [0.29, 0.717) is 5.95 Å². The van der Waals surface area contributed by atoms with Gasteiger partial charge in [-0.1, -0.05) is 0 Å². The van der Waals surface area contributed by atoms with E-state index in [1.165, 1.54) is 0 Å². The molecular formula is C24H31N5O3. The van der Waals surface area contributed by atoms with E-state index in [-0.39, 0.29) is 12.6 Å². The molecule has 0 spiro atoms. The highest BCUT2D eigenvalue weighted by atomic mass is 16.5. The second kappa shape index (κ2) is 10.6. The zero-order chi connectivity index (χ0) is 22.3. The van der Waals surface area contributed by atoms with Crippen LogP contribution in [0.15, 0.2) is 55.0 Å². The number of rotatable bonds is 9. The van der Waals surface area contributed by atoms with Gasteiger partial charge in [-0.25, -0.2) is 9.97 Å². The smallest absolute Gasteiger partial charge is 0.233 e. The van der Waals surface area contributed by atoms with Crippen LogP contribution in [0.25, 0.3) is 5.95 Å². The van der Waals surface area contributed by atoms with Crippen molar-refractivity contribution >= 4 is 0 Å². The van der Waals surface area contributed by atoms with Crippen molar-refractivity contribution in [3.8, 4) is 17.4 Å². The number of aliphatic hydroxyl groups excluding tert-OH is 1. The van der Waals surface area contributed by atoms with E-state index in [0.717, 1.165) is 61.9 Å². The first-order valence-electron chi connectivity index (χ1n) is 10.9. The molecular weight excluding hydrogens is 406 g/mol. The number of methoxy groups -OCH3 is 2. The molecule has 2 aromatic heterocycles. The summed E-state index contributed by atoms with van der Waals surface area (Å²) in [6, 6.07) is 12.2. The van der Waals surface area contributed by atoms with Crippen molar-refractivity contribution in [1.29, 1.82) is 0 Å². The summed E-state index contributed by atoms with van der Waals surface area (Å²) < 4.78 is 12.9. The number of benzene rings is 1. The average molecular weight is 438 g/mol. The van der Waals surface area contributed by atoms with Crippen LogP contribution in [0.2, 0.25) is 0 Å². The topological polar surface area (TPSA) is 75.9 Å². The maximum atomic E-state index is 9.70. The van der Waals surface area contributed by atoms with E-state index in [1.54, 1.807) is 26.6 Å². The predicted octanol–water partition coefficient (Wildman–Crippen LogP) is 2.35. The third-order valence-electron chi connectivity index (χ3n) is 5.93. The molecule has 1 aliphatic rings. The van der Waals surface area contributed by atoms with Gasteiger partial charge in [0.15, 0.2) is 0 Å². The fraction of sp³-hybridized carbons (Fsp3) is 0.417. The predicted molar refractivity (Wildman–Crippen MR) is 122 cm³/mol. The number of aromatic nitrogens is 3. The van der Waals surface area contributed by atoms with E-state index < -0.39 is 0 Å². The van der Waals surface area contributed by atoms with Crippen molar-refractivity contribution in [3.05, 3.63) is 66.2 Å². The molecule has 0 unspecified atom stereocenters. The quantitative estimate of drug-likeness (QED) is 0.551. The molecule has 0 aliphatic carbocycles. The third kappa shape index (κ3) is 5.27. The highest BCUT2D eigenvalue weighted by molar-refractivity contribution is 5.38. The summed E-state index contributed by atoms with van der Waals surface area (Å²) in [7, 11) is 3.34. The van der Waals surface area contributed by atoms with Crippen LogP contribution in [0.5, 0.6) is 11.5 Å². The minimum Gasteiger partial charge on any atom is -0.497 e. The van der Waals surface area contributed by atoms with E-state index >= 15 is 0 Å². The molecule has 1 N–H and O–H groups in total. The van der Waals surface area contributed by atoms with E-state index in [2.05, 4.69) is 38.0 Å². The fourth-order valence-corrected chi connectivity index (χ4v) is 4.31. The number of piperazine rings is 1. The molecule has 1 aliphatic heterocycles. The van der Waals surface area contributed by atoms with Gasteiger partial charge in [0.25, 0.3) is 0 Å². The zero-order valence-corrected chi connectivity index (χ0v) is 18.7. The molecule has 0 amide bonds. The Labute approximate surface area is 189 Å². The lowest BCUT2D eigenvalue weighted by molar-refractivity contribution is 0.0491. The van der Waals surface area contributed by atoms with Gasteiger partial charge in [0.2, 0.25) is 5.95 Å². The molecule has 0 bridgehead atoms. The van der Waals surface area contributed by atoms with Gasteiger partial charge in [0.05, 0.1) is 14.2 Å². The van der Waals surface area contributed by atoms with E-state index in [1.807, 2.05) is 29.0 Å². The summed E-state index contributed by atoms with van der Waals surface area (Å²) in [5, 5.41) is 9.70. The molecule has 4 rings (SSSR count). The number of aliphatic hydroxyl groups is 1. The molecule has 1 atom stereocenters.